The topological polar surface area (TPSA) is 150 Å². The number of rotatable bonds is 7. The molecule has 10 nitrogen and oxygen atoms in total. The molecule has 0 fully saturated rings. The van der Waals surface area contributed by atoms with Crippen molar-refractivity contribution in [2.24, 2.45) is 5.84 Å². The first-order valence-electron chi connectivity index (χ1n) is 9.58. The highest BCUT2D eigenvalue weighted by Crippen LogP contribution is 2.30. The quantitative estimate of drug-likeness (QED) is 0.225. The fraction of sp³-hybridized carbons (Fsp3) is 0.200. The van der Waals surface area contributed by atoms with Gasteiger partial charge >= 0.3 is 6.18 Å². The highest BCUT2D eigenvalue weighted by Gasteiger charge is 2.31. The SMILES string of the molecule is CC(=O)Nc1ncc(C(=N)CN(N)c2cc(C(=O)Nc3cc(C(F)(F)F)ccn3)cnc2C)s1. The predicted octanol–water partition coefficient (Wildman–Crippen LogP) is 3.22. The second-order valence-electron chi connectivity index (χ2n) is 7.03. The van der Waals surface area contributed by atoms with E-state index in [9.17, 15) is 22.8 Å². The van der Waals surface area contributed by atoms with Crippen LogP contribution in [-0.2, 0) is 11.0 Å². The Morgan fingerprint density at radius 2 is 1.91 bits per heavy atom. The number of hydrazine groups is 1. The molecule has 0 saturated heterocycles. The van der Waals surface area contributed by atoms with Crippen molar-refractivity contribution < 1.29 is 22.8 Å². The predicted molar refractivity (Wildman–Crippen MR) is 121 cm³/mol. The van der Waals surface area contributed by atoms with Gasteiger partial charge in [0.05, 0.1) is 39.6 Å². The van der Waals surface area contributed by atoms with E-state index in [1.807, 2.05) is 0 Å². The average Bonchev–Trinajstić information content (AvgIpc) is 3.21. The summed E-state index contributed by atoms with van der Waals surface area (Å²) in [4.78, 5) is 36.1. The minimum Gasteiger partial charge on any atom is -0.307 e. The lowest BCUT2D eigenvalue weighted by molar-refractivity contribution is -0.137. The summed E-state index contributed by atoms with van der Waals surface area (Å²) in [5, 5.41) is 14.7. The van der Waals surface area contributed by atoms with Crippen LogP contribution in [0.4, 0.5) is 29.8 Å². The molecule has 0 aliphatic rings. The van der Waals surface area contributed by atoms with Gasteiger partial charge in [0.25, 0.3) is 5.91 Å². The Labute approximate surface area is 195 Å². The maximum atomic E-state index is 12.9. The number of carbonyl (C=O) groups excluding carboxylic acids is 2. The van der Waals surface area contributed by atoms with Crippen LogP contribution in [0.5, 0.6) is 0 Å². The molecule has 3 aromatic rings. The van der Waals surface area contributed by atoms with Gasteiger partial charge in [0.2, 0.25) is 5.91 Å². The van der Waals surface area contributed by atoms with Crippen LogP contribution < -0.4 is 21.5 Å². The molecule has 34 heavy (non-hydrogen) atoms. The monoisotopic (exact) mass is 492 g/mol. The van der Waals surface area contributed by atoms with E-state index < -0.39 is 17.6 Å². The molecule has 3 aromatic heterocycles. The maximum absolute atomic E-state index is 12.9. The maximum Gasteiger partial charge on any atom is 0.416 e. The third kappa shape index (κ3) is 6.11. The van der Waals surface area contributed by atoms with Crippen LogP contribution in [-0.4, -0.2) is 39.0 Å². The summed E-state index contributed by atoms with van der Waals surface area (Å²) in [5.41, 5.74) is -0.00303. The average molecular weight is 492 g/mol. The molecule has 0 atom stereocenters. The number of amides is 2. The van der Waals surface area contributed by atoms with Crippen molar-refractivity contribution in [1.82, 2.24) is 15.0 Å². The van der Waals surface area contributed by atoms with Crippen LogP contribution in [0.1, 0.15) is 33.4 Å². The summed E-state index contributed by atoms with van der Waals surface area (Å²) in [6.45, 7) is 2.93. The van der Waals surface area contributed by atoms with E-state index in [-0.39, 0.29) is 29.5 Å². The Hall–Kier alpha value is -3.91. The third-order valence-corrected chi connectivity index (χ3v) is 5.35. The summed E-state index contributed by atoms with van der Waals surface area (Å²) >= 11 is 1.11. The Morgan fingerprint density at radius 3 is 2.59 bits per heavy atom. The summed E-state index contributed by atoms with van der Waals surface area (Å²) in [6, 6.07) is 2.93. The molecule has 178 valence electrons. The van der Waals surface area contributed by atoms with Gasteiger partial charge in [-0.1, -0.05) is 11.3 Å². The van der Waals surface area contributed by atoms with Crippen molar-refractivity contribution in [1.29, 1.82) is 5.41 Å². The van der Waals surface area contributed by atoms with E-state index in [2.05, 4.69) is 25.6 Å². The summed E-state index contributed by atoms with van der Waals surface area (Å²) in [6.07, 6.45) is -0.944. The second kappa shape index (κ2) is 9.93. The lowest BCUT2D eigenvalue weighted by Gasteiger charge is -2.21. The number of pyridine rings is 2. The number of aromatic nitrogens is 3. The molecule has 2 amide bonds. The van der Waals surface area contributed by atoms with E-state index in [4.69, 9.17) is 11.3 Å². The van der Waals surface area contributed by atoms with Gasteiger partial charge in [-0.25, -0.2) is 15.8 Å². The van der Waals surface area contributed by atoms with Gasteiger partial charge in [-0.05, 0) is 25.1 Å². The van der Waals surface area contributed by atoms with E-state index in [1.54, 1.807) is 6.92 Å². The Morgan fingerprint density at radius 1 is 1.18 bits per heavy atom. The normalized spacial score (nSPS) is 11.1. The smallest absolute Gasteiger partial charge is 0.307 e. The van der Waals surface area contributed by atoms with Crippen LogP contribution >= 0.6 is 11.3 Å². The molecular formula is C20H19F3N8O2S. The number of anilines is 3. The Kier molecular flexibility index (Phi) is 7.22. The fourth-order valence-corrected chi connectivity index (χ4v) is 3.56. The minimum absolute atomic E-state index is 0.0347. The number of nitrogens with one attached hydrogen (secondary N) is 3. The van der Waals surface area contributed by atoms with Crippen LogP contribution in [0.25, 0.3) is 0 Å². The molecular weight excluding hydrogens is 473 g/mol. The van der Waals surface area contributed by atoms with Gasteiger partial charge < -0.3 is 21.1 Å². The third-order valence-electron chi connectivity index (χ3n) is 4.38. The Bertz CT molecular complexity index is 1240. The van der Waals surface area contributed by atoms with Crippen LogP contribution in [0.3, 0.4) is 0 Å². The van der Waals surface area contributed by atoms with E-state index in [1.165, 1.54) is 30.4 Å². The number of thiazole rings is 1. The van der Waals surface area contributed by atoms with Gasteiger partial charge in [0, 0.05) is 25.5 Å². The van der Waals surface area contributed by atoms with Crippen molar-refractivity contribution in [3.63, 3.8) is 0 Å². The van der Waals surface area contributed by atoms with E-state index in [0.717, 1.165) is 29.7 Å². The van der Waals surface area contributed by atoms with Crippen molar-refractivity contribution >= 4 is 45.5 Å². The molecule has 0 saturated carbocycles. The number of hydrogen-bond acceptors (Lipinski definition) is 9. The number of alkyl halides is 3. The molecule has 14 heteroatoms. The summed E-state index contributed by atoms with van der Waals surface area (Å²) in [5.74, 6) is 4.82. The van der Waals surface area contributed by atoms with Gasteiger partial charge in [0.15, 0.2) is 5.13 Å². The zero-order valence-electron chi connectivity index (χ0n) is 17.9. The standard InChI is InChI=1S/C20H19F3N8O2S/c1-10-15(31(25)9-14(24)16-8-28-19(34-16)29-11(2)32)5-12(7-27-10)18(33)30-17-6-13(3-4-26-17)20(21,22)23/h3-8,24H,9,25H2,1-2H3,(H,26,30,33)(H,28,29,32). The van der Waals surface area contributed by atoms with Crippen molar-refractivity contribution in [2.45, 2.75) is 20.0 Å². The Balaban J connectivity index is 1.74. The number of carbonyl (C=O) groups is 2. The largest absolute Gasteiger partial charge is 0.416 e. The van der Waals surface area contributed by atoms with Crippen molar-refractivity contribution in [3.8, 4) is 0 Å². The van der Waals surface area contributed by atoms with E-state index in [0.29, 0.717) is 21.4 Å². The second-order valence-corrected chi connectivity index (χ2v) is 8.06. The highest BCUT2D eigenvalue weighted by atomic mass is 32.1. The zero-order valence-corrected chi connectivity index (χ0v) is 18.7. The van der Waals surface area contributed by atoms with Crippen LogP contribution in [0.2, 0.25) is 0 Å². The number of nitrogens with two attached hydrogens (primary N) is 1. The van der Waals surface area contributed by atoms with E-state index >= 15 is 0 Å². The van der Waals surface area contributed by atoms with Crippen LogP contribution in [0, 0.1) is 12.3 Å². The van der Waals surface area contributed by atoms with Gasteiger partial charge in [-0.15, -0.1) is 0 Å². The number of hydrogen-bond donors (Lipinski definition) is 4. The molecule has 0 aliphatic carbocycles. The first-order valence-corrected chi connectivity index (χ1v) is 10.4. The minimum atomic E-state index is -4.58. The number of aryl methyl sites for hydroxylation is 1. The van der Waals surface area contributed by atoms with Crippen molar-refractivity contribution in [2.75, 3.05) is 22.2 Å². The number of halogens is 3. The van der Waals surface area contributed by atoms with Gasteiger partial charge in [-0.2, -0.15) is 13.2 Å². The molecule has 3 heterocycles. The molecule has 5 N–H and O–H groups in total. The van der Waals surface area contributed by atoms with Gasteiger partial charge in [0.1, 0.15) is 5.82 Å². The molecule has 0 bridgehead atoms. The molecule has 0 radical (unpaired) electrons. The lowest BCUT2D eigenvalue weighted by atomic mass is 10.2. The first-order chi connectivity index (χ1) is 15.9. The van der Waals surface area contributed by atoms with Crippen LogP contribution in [0.15, 0.2) is 36.8 Å². The zero-order chi connectivity index (χ0) is 25.0. The molecule has 3 rings (SSSR count). The molecule has 0 aliphatic heterocycles. The fourth-order valence-electron chi connectivity index (χ4n) is 2.76. The molecule has 0 spiro atoms. The summed E-state index contributed by atoms with van der Waals surface area (Å²) < 4.78 is 38.7. The lowest BCUT2D eigenvalue weighted by Crippen LogP contribution is -2.36. The van der Waals surface area contributed by atoms with Gasteiger partial charge in [-0.3, -0.25) is 14.6 Å². The van der Waals surface area contributed by atoms with Crippen molar-refractivity contribution in [3.05, 3.63) is 58.5 Å². The highest BCUT2D eigenvalue weighted by molar-refractivity contribution is 7.17. The molecule has 0 aromatic carbocycles. The first kappa shape index (κ1) is 24.7. The number of nitrogens with zero attached hydrogens (tertiary/aromatic N) is 4. The summed E-state index contributed by atoms with van der Waals surface area (Å²) in [7, 11) is 0. The molecule has 0 unspecified atom stereocenters.